The van der Waals surface area contributed by atoms with E-state index in [9.17, 15) is 14.7 Å². The van der Waals surface area contributed by atoms with Crippen molar-refractivity contribution in [2.24, 2.45) is 0 Å². The molecule has 2 aromatic rings. The van der Waals surface area contributed by atoms with E-state index in [-0.39, 0.29) is 0 Å². The van der Waals surface area contributed by atoms with Crippen molar-refractivity contribution in [2.75, 3.05) is 0 Å². The number of carbonyl (C=O) groups excluding carboxylic acids is 2. The average Bonchev–Trinajstić information content (AvgIpc) is 2.64. The van der Waals surface area contributed by atoms with Crippen molar-refractivity contribution in [3.8, 4) is 0 Å². The third-order valence-electron chi connectivity index (χ3n) is 4.57. The molecule has 5 nitrogen and oxygen atoms in total. The van der Waals surface area contributed by atoms with E-state index in [0.717, 1.165) is 28.5 Å². The highest BCUT2D eigenvalue weighted by Gasteiger charge is 2.23. The summed E-state index contributed by atoms with van der Waals surface area (Å²) in [6.45, 7) is 9.20. The first kappa shape index (κ1) is 23.4. The molecule has 0 heterocycles. The molecule has 0 aliphatic rings. The zero-order valence-electron chi connectivity index (χ0n) is 18.3. The predicted molar refractivity (Wildman–Crippen MR) is 120 cm³/mol. The topological polar surface area (TPSA) is 75.6 Å². The molecule has 0 saturated carbocycles. The molecule has 2 atom stereocenters. The number of alkyl carbamates (subject to hydrolysis) is 1. The molecule has 0 bridgehead atoms. The Morgan fingerprint density at radius 1 is 1.17 bits per heavy atom. The SMILES string of the molecule is Cc1cc(C)c(C=O)c(/C=C/[C@@H](O)[C@H](Cc2ccccc2)NC(=O)OC(C)(C)C)c1. The fourth-order valence-corrected chi connectivity index (χ4v) is 3.23. The summed E-state index contributed by atoms with van der Waals surface area (Å²) in [5, 5.41) is 13.6. The Morgan fingerprint density at radius 2 is 1.83 bits per heavy atom. The minimum Gasteiger partial charge on any atom is -0.444 e. The van der Waals surface area contributed by atoms with E-state index >= 15 is 0 Å². The lowest BCUT2D eigenvalue weighted by molar-refractivity contribution is 0.0455. The summed E-state index contributed by atoms with van der Waals surface area (Å²) in [4.78, 5) is 23.8. The largest absolute Gasteiger partial charge is 0.444 e. The fourth-order valence-electron chi connectivity index (χ4n) is 3.23. The molecular formula is C25H31NO4. The maximum atomic E-state index is 12.3. The number of nitrogens with one attached hydrogen (secondary N) is 1. The molecule has 0 aromatic heterocycles. The molecule has 0 aliphatic carbocycles. The Hall–Kier alpha value is -2.92. The molecule has 0 spiro atoms. The molecule has 0 saturated heterocycles. The second-order valence-electron chi connectivity index (χ2n) is 8.49. The van der Waals surface area contributed by atoms with Crippen LogP contribution in [0.15, 0.2) is 48.5 Å². The summed E-state index contributed by atoms with van der Waals surface area (Å²) >= 11 is 0. The number of carbonyl (C=O) groups is 2. The van der Waals surface area contributed by atoms with Crippen LogP contribution >= 0.6 is 0 Å². The van der Waals surface area contributed by atoms with Crippen molar-refractivity contribution in [2.45, 2.75) is 58.8 Å². The molecule has 5 heteroatoms. The van der Waals surface area contributed by atoms with Gasteiger partial charge in [0.15, 0.2) is 6.29 Å². The van der Waals surface area contributed by atoms with Crippen LogP contribution in [0, 0.1) is 13.8 Å². The number of benzene rings is 2. The number of aliphatic hydroxyl groups is 1. The van der Waals surface area contributed by atoms with E-state index in [1.54, 1.807) is 32.9 Å². The lowest BCUT2D eigenvalue weighted by Gasteiger charge is -2.25. The van der Waals surface area contributed by atoms with Crippen LogP contribution in [0.3, 0.4) is 0 Å². The van der Waals surface area contributed by atoms with E-state index in [2.05, 4.69) is 5.32 Å². The molecule has 0 aliphatic heterocycles. The van der Waals surface area contributed by atoms with E-state index in [0.29, 0.717) is 12.0 Å². The molecule has 0 unspecified atom stereocenters. The summed E-state index contributed by atoms with van der Waals surface area (Å²) in [7, 11) is 0. The Morgan fingerprint density at radius 3 is 2.43 bits per heavy atom. The number of aliphatic hydroxyl groups excluding tert-OH is 1. The monoisotopic (exact) mass is 409 g/mol. The molecule has 0 radical (unpaired) electrons. The van der Waals surface area contributed by atoms with Gasteiger partial charge >= 0.3 is 6.09 Å². The molecule has 30 heavy (non-hydrogen) atoms. The number of hydrogen-bond acceptors (Lipinski definition) is 4. The van der Waals surface area contributed by atoms with Gasteiger partial charge < -0.3 is 15.2 Å². The van der Waals surface area contributed by atoms with Crippen molar-refractivity contribution >= 4 is 18.5 Å². The predicted octanol–water partition coefficient (Wildman–Crippen LogP) is 4.63. The van der Waals surface area contributed by atoms with Gasteiger partial charge in [-0.3, -0.25) is 4.79 Å². The van der Waals surface area contributed by atoms with Crippen LogP contribution in [0.2, 0.25) is 0 Å². The Balaban J connectivity index is 2.25. The minimum atomic E-state index is -0.974. The highest BCUT2D eigenvalue weighted by molar-refractivity contribution is 5.84. The highest BCUT2D eigenvalue weighted by Crippen LogP contribution is 2.18. The van der Waals surface area contributed by atoms with Crippen molar-refractivity contribution < 1.29 is 19.4 Å². The van der Waals surface area contributed by atoms with Gasteiger partial charge in [0, 0.05) is 5.56 Å². The van der Waals surface area contributed by atoms with Crippen molar-refractivity contribution in [3.63, 3.8) is 0 Å². The molecule has 1 amide bonds. The Bertz CT molecular complexity index is 897. The van der Waals surface area contributed by atoms with Gasteiger partial charge in [-0.25, -0.2) is 4.79 Å². The van der Waals surface area contributed by atoms with Crippen LogP contribution < -0.4 is 5.32 Å². The first-order chi connectivity index (χ1) is 14.1. The quantitative estimate of drug-likeness (QED) is 0.654. The number of rotatable bonds is 7. The zero-order chi connectivity index (χ0) is 22.3. The second kappa shape index (κ2) is 10.2. The molecular weight excluding hydrogens is 378 g/mol. The van der Waals surface area contributed by atoms with Gasteiger partial charge in [0.2, 0.25) is 0 Å². The summed E-state index contributed by atoms with van der Waals surface area (Å²) in [5.74, 6) is 0. The van der Waals surface area contributed by atoms with Crippen LogP contribution in [0.1, 0.15) is 53.4 Å². The normalized spacial score (nSPS) is 13.7. The van der Waals surface area contributed by atoms with Gasteiger partial charge in [0.25, 0.3) is 0 Å². The molecule has 160 valence electrons. The molecule has 2 N–H and O–H groups in total. The second-order valence-corrected chi connectivity index (χ2v) is 8.49. The first-order valence-electron chi connectivity index (χ1n) is 10.0. The van der Waals surface area contributed by atoms with Crippen molar-refractivity contribution in [1.82, 2.24) is 5.32 Å². The summed E-state index contributed by atoms with van der Waals surface area (Å²) in [6, 6.07) is 12.9. The fraction of sp³-hybridized carbons (Fsp3) is 0.360. The van der Waals surface area contributed by atoms with Crippen LogP contribution in [0.5, 0.6) is 0 Å². The summed E-state index contributed by atoms with van der Waals surface area (Å²) in [6.07, 6.45) is 3.02. The minimum absolute atomic E-state index is 0.430. The lowest BCUT2D eigenvalue weighted by Crippen LogP contribution is -2.46. The number of ether oxygens (including phenoxy) is 1. The van der Waals surface area contributed by atoms with E-state index < -0.39 is 23.8 Å². The Labute approximate surface area is 178 Å². The molecule has 0 fully saturated rings. The summed E-state index contributed by atoms with van der Waals surface area (Å²) in [5.41, 5.74) is 3.57. The van der Waals surface area contributed by atoms with Crippen LogP contribution in [-0.4, -0.2) is 35.2 Å². The van der Waals surface area contributed by atoms with Gasteiger partial charge in [-0.15, -0.1) is 0 Å². The third-order valence-corrected chi connectivity index (χ3v) is 4.57. The van der Waals surface area contributed by atoms with Crippen LogP contribution in [-0.2, 0) is 11.2 Å². The molecule has 2 aromatic carbocycles. The zero-order valence-corrected chi connectivity index (χ0v) is 18.3. The van der Waals surface area contributed by atoms with Crippen molar-refractivity contribution in [3.05, 3.63) is 76.4 Å². The number of aldehydes is 1. The average molecular weight is 410 g/mol. The number of hydrogen-bond donors (Lipinski definition) is 2. The van der Waals surface area contributed by atoms with Gasteiger partial charge in [0.05, 0.1) is 12.1 Å². The maximum absolute atomic E-state index is 12.3. The van der Waals surface area contributed by atoms with Crippen molar-refractivity contribution in [1.29, 1.82) is 0 Å². The smallest absolute Gasteiger partial charge is 0.407 e. The van der Waals surface area contributed by atoms with Crippen LogP contribution in [0.4, 0.5) is 4.79 Å². The standard InChI is InChI=1S/C25H31NO4/c1-17-13-18(2)21(16-27)20(14-17)11-12-23(28)22(15-19-9-7-6-8-10-19)26-24(29)30-25(3,4)5/h6-14,16,22-23,28H,15H2,1-5H3,(H,26,29)/b12-11+/t22-,23+/m0/s1. The molecule has 2 rings (SSSR count). The summed E-state index contributed by atoms with van der Waals surface area (Å²) < 4.78 is 5.36. The highest BCUT2D eigenvalue weighted by atomic mass is 16.6. The third kappa shape index (κ3) is 7.16. The van der Waals surface area contributed by atoms with E-state index in [1.807, 2.05) is 56.3 Å². The lowest BCUT2D eigenvalue weighted by atomic mass is 9.97. The Kier molecular flexibility index (Phi) is 7.95. The van der Waals surface area contributed by atoms with Gasteiger partial charge in [-0.1, -0.05) is 60.2 Å². The van der Waals surface area contributed by atoms with Gasteiger partial charge in [-0.2, -0.15) is 0 Å². The van der Waals surface area contributed by atoms with E-state index in [4.69, 9.17) is 4.74 Å². The maximum Gasteiger partial charge on any atom is 0.407 e. The van der Waals surface area contributed by atoms with E-state index in [1.165, 1.54) is 0 Å². The number of amides is 1. The van der Waals surface area contributed by atoms with Crippen LogP contribution in [0.25, 0.3) is 6.08 Å². The first-order valence-corrected chi connectivity index (χ1v) is 10.0. The van der Waals surface area contributed by atoms with Gasteiger partial charge in [0.1, 0.15) is 5.60 Å². The number of aryl methyl sites for hydroxylation is 2. The van der Waals surface area contributed by atoms with Gasteiger partial charge in [-0.05, 0) is 57.7 Å².